The molecule has 138 valence electrons. The number of hydrogen-bond donors (Lipinski definition) is 1. The third-order valence-corrected chi connectivity index (χ3v) is 4.69. The third-order valence-electron chi connectivity index (χ3n) is 4.69. The molecule has 0 radical (unpaired) electrons. The summed E-state index contributed by atoms with van der Waals surface area (Å²) in [6, 6.07) is 14.7. The van der Waals surface area contributed by atoms with E-state index in [4.69, 9.17) is 4.74 Å². The van der Waals surface area contributed by atoms with Gasteiger partial charge in [-0.1, -0.05) is 36.4 Å². The molecule has 1 amide bonds. The van der Waals surface area contributed by atoms with Crippen LogP contribution in [-0.4, -0.2) is 37.6 Å². The van der Waals surface area contributed by atoms with Gasteiger partial charge in [0.1, 0.15) is 6.61 Å². The van der Waals surface area contributed by atoms with Crippen LogP contribution in [0.1, 0.15) is 30.0 Å². The molecule has 4 nitrogen and oxygen atoms in total. The van der Waals surface area contributed by atoms with Crippen LogP contribution < -0.4 is 10.1 Å². The average Bonchev–Trinajstić information content (AvgIpc) is 2.63. The van der Waals surface area contributed by atoms with Crippen molar-refractivity contribution in [3.8, 4) is 5.75 Å². The predicted octanol–water partition coefficient (Wildman–Crippen LogP) is 3.33. The van der Waals surface area contributed by atoms with Crippen molar-refractivity contribution >= 4 is 5.91 Å². The van der Waals surface area contributed by atoms with Crippen molar-refractivity contribution in [2.24, 2.45) is 0 Å². The number of amides is 1. The molecule has 2 aromatic carbocycles. The van der Waals surface area contributed by atoms with Crippen LogP contribution in [-0.2, 0) is 11.2 Å². The topological polar surface area (TPSA) is 41.6 Å². The molecule has 3 rings (SSSR count). The molecule has 0 aliphatic heterocycles. The van der Waals surface area contributed by atoms with E-state index in [1.807, 2.05) is 24.1 Å². The maximum atomic E-state index is 13.5. The summed E-state index contributed by atoms with van der Waals surface area (Å²) in [5.74, 6) is -0.131. The number of aryl methyl sites for hydroxylation is 1. The van der Waals surface area contributed by atoms with Crippen LogP contribution in [0.5, 0.6) is 5.75 Å². The minimum absolute atomic E-state index is 0.0000877. The summed E-state index contributed by atoms with van der Waals surface area (Å²) < 4.78 is 18.9. The molecule has 1 atom stereocenters. The summed E-state index contributed by atoms with van der Waals surface area (Å²) in [4.78, 5) is 14.2. The lowest BCUT2D eigenvalue weighted by Gasteiger charge is -2.27. The zero-order chi connectivity index (χ0) is 18.4. The summed E-state index contributed by atoms with van der Waals surface area (Å²) in [6.07, 6.45) is 3.15. The van der Waals surface area contributed by atoms with Gasteiger partial charge in [0, 0.05) is 6.54 Å². The highest BCUT2D eigenvalue weighted by Gasteiger charge is 2.21. The molecule has 1 aliphatic rings. The molecular weight excluding hydrogens is 331 g/mol. The van der Waals surface area contributed by atoms with Gasteiger partial charge in [-0.3, -0.25) is 9.69 Å². The first-order valence-corrected chi connectivity index (χ1v) is 9.06. The molecule has 0 aromatic heterocycles. The highest BCUT2D eigenvalue weighted by molar-refractivity contribution is 5.78. The number of para-hydroxylation sites is 1. The maximum Gasteiger partial charge on any atom is 0.234 e. The van der Waals surface area contributed by atoms with Gasteiger partial charge in [0.05, 0.1) is 12.6 Å². The van der Waals surface area contributed by atoms with Crippen molar-refractivity contribution < 1.29 is 13.9 Å². The van der Waals surface area contributed by atoms with Crippen LogP contribution in [0.25, 0.3) is 0 Å². The van der Waals surface area contributed by atoms with Crippen LogP contribution in [0, 0.1) is 5.82 Å². The van der Waals surface area contributed by atoms with Crippen molar-refractivity contribution in [2.75, 3.05) is 26.7 Å². The van der Waals surface area contributed by atoms with Crippen LogP contribution in [0.4, 0.5) is 4.39 Å². The van der Waals surface area contributed by atoms with E-state index in [0.29, 0.717) is 19.7 Å². The molecule has 2 aromatic rings. The zero-order valence-electron chi connectivity index (χ0n) is 15.1. The highest BCUT2D eigenvalue weighted by Crippen LogP contribution is 2.29. The fraction of sp³-hybridized carbons (Fsp3) is 0.381. The molecular formula is C21H25FN2O2. The number of rotatable bonds is 7. The average molecular weight is 356 g/mol. The number of nitrogens with one attached hydrogen (secondary N) is 1. The second-order valence-corrected chi connectivity index (χ2v) is 6.73. The Morgan fingerprint density at radius 2 is 2.00 bits per heavy atom. The minimum atomic E-state index is -0.371. The molecule has 0 bridgehead atoms. The van der Waals surface area contributed by atoms with E-state index >= 15 is 0 Å². The Morgan fingerprint density at radius 3 is 2.85 bits per heavy atom. The van der Waals surface area contributed by atoms with Crippen LogP contribution in [0.2, 0.25) is 0 Å². The van der Waals surface area contributed by atoms with E-state index in [2.05, 4.69) is 17.4 Å². The van der Waals surface area contributed by atoms with Gasteiger partial charge in [-0.25, -0.2) is 4.39 Å². The Labute approximate surface area is 154 Å². The van der Waals surface area contributed by atoms with Gasteiger partial charge in [-0.15, -0.1) is 0 Å². The molecule has 0 saturated carbocycles. The normalized spacial score (nSPS) is 16.2. The summed E-state index contributed by atoms with van der Waals surface area (Å²) >= 11 is 0. The Hall–Kier alpha value is -2.40. The van der Waals surface area contributed by atoms with Gasteiger partial charge in [0.25, 0.3) is 0 Å². The number of fused-ring (bicyclic) bond motifs is 1. The maximum absolute atomic E-state index is 13.5. The van der Waals surface area contributed by atoms with E-state index in [1.54, 1.807) is 18.2 Å². The number of ether oxygens (including phenoxy) is 1. The molecule has 0 spiro atoms. The Morgan fingerprint density at radius 1 is 1.23 bits per heavy atom. The molecule has 1 N–H and O–H groups in total. The largest absolute Gasteiger partial charge is 0.489 e. The number of likely N-dealkylation sites (N-methyl/N-ethyl adjacent to an activating group) is 1. The first kappa shape index (κ1) is 18.4. The summed E-state index contributed by atoms with van der Waals surface area (Å²) in [7, 11) is 1.86. The van der Waals surface area contributed by atoms with Crippen molar-refractivity contribution in [1.82, 2.24) is 10.2 Å². The van der Waals surface area contributed by atoms with Crippen molar-refractivity contribution in [3.05, 3.63) is 65.5 Å². The number of hydrogen-bond acceptors (Lipinski definition) is 3. The van der Waals surface area contributed by atoms with Crippen LogP contribution in [0.15, 0.2) is 48.5 Å². The van der Waals surface area contributed by atoms with E-state index < -0.39 is 0 Å². The van der Waals surface area contributed by atoms with Gasteiger partial charge in [-0.05, 0) is 49.6 Å². The molecule has 0 fully saturated rings. The lowest BCUT2D eigenvalue weighted by Crippen LogP contribution is -2.39. The summed E-state index contributed by atoms with van der Waals surface area (Å²) in [5, 5.41) is 3.14. The van der Waals surface area contributed by atoms with Gasteiger partial charge in [0.2, 0.25) is 5.91 Å². The molecule has 0 heterocycles. The predicted molar refractivity (Wildman–Crippen MR) is 99.7 cm³/mol. The molecule has 0 saturated heterocycles. The molecule has 1 unspecified atom stereocenters. The Balaban J connectivity index is 1.44. The van der Waals surface area contributed by atoms with Crippen molar-refractivity contribution in [2.45, 2.75) is 25.3 Å². The zero-order valence-corrected chi connectivity index (χ0v) is 15.1. The quantitative estimate of drug-likeness (QED) is 0.827. The number of nitrogens with zero attached hydrogens (tertiary/aromatic N) is 1. The van der Waals surface area contributed by atoms with Gasteiger partial charge < -0.3 is 10.1 Å². The minimum Gasteiger partial charge on any atom is -0.489 e. The second-order valence-electron chi connectivity index (χ2n) is 6.73. The summed E-state index contributed by atoms with van der Waals surface area (Å²) in [6.45, 7) is 1.17. The SMILES string of the molecule is CN(CCOc1ccccc1F)CC(=O)NC1CCCc2ccccc21. The Kier molecular flexibility index (Phi) is 6.23. The lowest BCUT2D eigenvalue weighted by atomic mass is 9.88. The third kappa shape index (κ3) is 4.82. The number of carbonyl (C=O) groups excluding carboxylic acids is 1. The monoisotopic (exact) mass is 356 g/mol. The standard InChI is InChI=1S/C21H25FN2O2/c1-24(13-14-26-20-12-5-4-10-18(20)22)15-21(25)23-19-11-6-8-16-7-2-3-9-17(16)19/h2-5,7,9-10,12,19H,6,8,11,13-15H2,1H3,(H,23,25). The lowest BCUT2D eigenvalue weighted by molar-refractivity contribution is -0.122. The van der Waals surface area contributed by atoms with E-state index in [1.165, 1.54) is 17.2 Å². The fourth-order valence-electron chi connectivity index (χ4n) is 3.34. The van der Waals surface area contributed by atoms with Crippen LogP contribution in [0.3, 0.4) is 0 Å². The van der Waals surface area contributed by atoms with Crippen molar-refractivity contribution in [3.63, 3.8) is 0 Å². The van der Waals surface area contributed by atoms with E-state index in [9.17, 15) is 9.18 Å². The first-order valence-electron chi connectivity index (χ1n) is 9.06. The number of carbonyl (C=O) groups is 1. The Bertz CT molecular complexity index is 750. The molecule has 26 heavy (non-hydrogen) atoms. The number of benzene rings is 2. The molecule has 1 aliphatic carbocycles. The first-order chi connectivity index (χ1) is 12.6. The van der Waals surface area contributed by atoms with Gasteiger partial charge >= 0.3 is 0 Å². The highest BCUT2D eigenvalue weighted by atomic mass is 19.1. The van der Waals surface area contributed by atoms with Crippen molar-refractivity contribution in [1.29, 1.82) is 0 Å². The van der Waals surface area contributed by atoms with E-state index in [0.717, 1.165) is 19.3 Å². The van der Waals surface area contributed by atoms with Crippen LogP contribution >= 0.6 is 0 Å². The smallest absolute Gasteiger partial charge is 0.234 e. The fourth-order valence-corrected chi connectivity index (χ4v) is 3.34. The molecule has 5 heteroatoms. The second kappa shape index (κ2) is 8.81. The van der Waals surface area contributed by atoms with E-state index in [-0.39, 0.29) is 23.5 Å². The van der Waals surface area contributed by atoms with Gasteiger partial charge in [-0.2, -0.15) is 0 Å². The van der Waals surface area contributed by atoms with Gasteiger partial charge in [0.15, 0.2) is 11.6 Å². The number of halogens is 1. The summed E-state index contributed by atoms with van der Waals surface area (Å²) in [5.41, 5.74) is 2.56.